The van der Waals surface area contributed by atoms with Crippen molar-refractivity contribution < 1.29 is 14.2 Å². The summed E-state index contributed by atoms with van der Waals surface area (Å²) < 4.78 is 17.2. The maximum atomic E-state index is 5.81. The summed E-state index contributed by atoms with van der Waals surface area (Å²) in [5.74, 6) is 2.83. The Morgan fingerprint density at radius 1 is 0.920 bits per heavy atom. The van der Waals surface area contributed by atoms with Crippen LogP contribution in [0.2, 0.25) is 0 Å². The third-order valence-electron chi connectivity index (χ3n) is 4.02. The molecule has 0 heterocycles. The van der Waals surface area contributed by atoms with E-state index in [2.05, 4.69) is 32.9 Å². The van der Waals surface area contributed by atoms with Gasteiger partial charge in [-0.1, -0.05) is 26.0 Å². The molecular weight excluding hydrogens is 314 g/mol. The summed E-state index contributed by atoms with van der Waals surface area (Å²) in [5, 5.41) is 0. The molecule has 4 heteroatoms. The first-order chi connectivity index (χ1) is 12.0. The molecule has 0 aliphatic heterocycles. The smallest absolute Gasteiger partial charge is 0.161 e. The van der Waals surface area contributed by atoms with Gasteiger partial charge < -0.3 is 19.9 Å². The van der Waals surface area contributed by atoms with Gasteiger partial charge in [-0.15, -0.1) is 0 Å². The summed E-state index contributed by atoms with van der Waals surface area (Å²) >= 11 is 0. The van der Waals surface area contributed by atoms with Crippen LogP contribution in [0.15, 0.2) is 36.4 Å². The molecule has 136 valence electrons. The van der Waals surface area contributed by atoms with E-state index in [9.17, 15) is 0 Å². The Balaban J connectivity index is 1.90. The Morgan fingerprint density at radius 2 is 1.68 bits per heavy atom. The zero-order valence-electron chi connectivity index (χ0n) is 15.7. The molecule has 0 aromatic heterocycles. The molecule has 0 saturated heterocycles. The van der Waals surface area contributed by atoms with Gasteiger partial charge in [0.2, 0.25) is 0 Å². The van der Waals surface area contributed by atoms with Crippen molar-refractivity contribution in [1.82, 2.24) is 0 Å². The molecule has 25 heavy (non-hydrogen) atoms. The molecule has 2 rings (SSSR count). The van der Waals surface area contributed by atoms with Crippen LogP contribution in [0.4, 0.5) is 0 Å². The second-order valence-corrected chi connectivity index (χ2v) is 6.29. The molecule has 0 atom stereocenters. The van der Waals surface area contributed by atoms with Crippen molar-refractivity contribution in [1.29, 1.82) is 0 Å². The molecule has 0 aliphatic rings. The molecule has 4 nitrogen and oxygen atoms in total. The maximum Gasteiger partial charge on any atom is 0.161 e. The van der Waals surface area contributed by atoms with Gasteiger partial charge in [-0.3, -0.25) is 0 Å². The Hall–Kier alpha value is -2.20. The van der Waals surface area contributed by atoms with Crippen molar-refractivity contribution in [3.8, 4) is 17.2 Å². The van der Waals surface area contributed by atoms with Crippen molar-refractivity contribution in [2.24, 2.45) is 5.73 Å². The lowest BCUT2D eigenvalue weighted by Gasteiger charge is -2.14. The van der Waals surface area contributed by atoms with E-state index >= 15 is 0 Å². The van der Waals surface area contributed by atoms with Crippen LogP contribution < -0.4 is 19.9 Å². The topological polar surface area (TPSA) is 53.7 Å². The van der Waals surface area contributed by atoms with Gasteiger partial charge in [0.05, 0.1) is 6.61 Å². The predicted octanol–water partition coefficient (Wildman–Crippen LogP) is 4.43. The molecule has 0 spiro atoms. The number of aryl methyl sites for hydroxylation is 1. The quantitative estimate of drug-likeness (QED) is 0.684. The summed E-state index contributed by atoms with van der Waals surface area (Å²) in [6.45, 7) is 10.5. The first-order valence-electron chi connectivity index (χ1n) is 8.87. The number of nitrogens with two attached hydrogens (primary N) is 1. The molecule has 0 bridgehead atoms. The fraction of sp³-hybridized carbons (Fsp3) is 0.429. The highest BCUT2D eigenvalue weighted by atomic mass is 16.5. The average Bonchev–Trinajstić information content (AvgIpc) is 2.59. The molecule has 2 aromatic carbocycles. The number of rotatable bonds is 9. The number of hydrogen-bond donors (Lipinski definition) is 1. The molecule has 2 aromatic rings. The Kier molecular flexibility index (Phi) is 7.14. The molecule has 0 fully saturated rings. The lowest BCUT2D eigenvalue weighted by Crippen LogP contribution is -2.10. The van der Waals surface area contributed by atoms with E-state index in [0.717, 1.165) is 17.1 Å². The molecule has 2 N–H and O–H groups in total. The van der Waals surface area contributed by atoms with Crippen LogP contribution in [-0.4, -0.2) is 19.8 Å². The van der Waals surface area contributed by atoms with Crippen LogP contribution in [0.3, 0.4) is 0 Å². The second-order valence-electron chi connectivity index (χ2n) is 6.29. The van der Waals surface area contributed by atoms with E-state index in [0.29, 0.717) is 38.0 Å². The summed E-state index contributed by atoms with van der Waals surface area (Å²) in [6, 6.07) is 12.0. The monoisotopic (exact) mass is 343 g/mol. The Morgan fingerprint density at radius 3 is 2.32 bits per heavy atom. The summed E-state index contributed by atoms with van der Waals surface area (Å²) in [5.41, 5.74) is 9.30. The van der Waals surface area contributed by atoms with Crippen molar-refractivity contribution in [3.63, 3.8) is 0 Å². The normalized spacial score (nSPS) is 10.8. The van der Waals surface area contributed by atoms with Crippen LogP contribution in [0.25, 0.3) is 0 Å². The zero-order chi connectivity index (χ0) is 18.2. The van der Waals surface area contributed by atoms with Crippen LogP contribution in [0.5, 0.6) is 17.2 Å². The minimum atomic E-state index is 0.451. The third kappa shape index (κ3) is 5.40. The highest BCUT2D eigenvalue weighted by Crippen LogP contribution is 2.28. The van der Waals surface area contributed by atoms with Gasteiger partial charge in [0.25, 0.3) is 0 Å². The number of hydrogen-bond acceptors (Lipinski definition) is 4. The average molecular weight is 343 g/mol. The van der Waals surface area contributed by atoms with Crippen LogP contribution >= 0.6 is 0 Å². The number of ether oxygens (including phenoxy) is 3. The van der Waals surface area contributed by atoms with Crippen LogP contribution in [0.1, 0.15) is 43.4 Å². The maximum absolute atomic E-state index is 5.81. The van der Waals surface area contributed by atoms with Crippen molar-refractivity contribution >= 4 is 0 Å². The molecule has 0 aliphatic carbocycles. The number of benzene rings is 2. The first-order valence-corrected chi connectivity index (χ1v) is 8.87. The van der Waals surface area contributed by atoms with E-state index in [-0.39, 0.29) is 0 Å². The molecular formula is C21H29NO3. The van der Waals surface area contributed by atoms with Gasteiger partial charge in [0, 0.05) is 6.54 Å². The lowest BCUT2D eigenvalue weighted by molar-refractivity contribution is 0.208. The molecule has 0 saturated carbocycles. The van der Waals surface area contributed by atoms with E-state index in [1.54, 1.807) is 0 Å². The third-order valence-corrected chi connectivity index (χ3v) is 4.02. The van der Waals surface area contributed by atoms with Crippen molar-refractivity contribution in [2.45, 2.75) is 40.2 Å². The predicted molar refractivity (Wildman–Crippen MR) is 102 cm³/mol. The van der Waals surface area contributed by atoms with Gasteiger partial charge in [0.15, 0.2) is 11.5 Å². The first kappa shape index (κ1) is 19.1. The highest BCUT2D eigenvalue weighted by Gasteiger charge is 2.07. The van der Waals surface area contributed by atoms with E-state index in [1.807, 2.05) is 31.2 Å². The van der Waals surface area contributed by atoms with Gasteiger partial charge in [0.1, 0.15) is 19.0 Å². The van der Waals surface area contributed by atoms with E-state index in [4.69, 9.17) is 19.9 Å². The molecule has 0 unspecified atom stereocenters. The second kappa shape index (κ2) is 9.33. The zero-order valence-corrected chi connectivity index (χ0v) is 15.7. The van der Waals surface area contributed by atoms with E-state index in [1.165, 1.54) is 11.1 Å². The Labute approximate surface area is 150 Å². The van der Waals surface area contributed by atoms with Crippen molar-refractivity contribution in [2.75, 3.05) is 19.8 Å². The Bertz CT molecular complexity index is 683. The summed E-state index contributed by atoms with van der Waals surface area (Å²) in [6.07, 6.45) is 0. The van der Waals surface area contributed by atoms with Gasteiger partial charge in [-0.2, -0.15) is 0 Å². The highest BCUT2D eigenvalue weighted by molar-refractivity contribution is 5.43. The van der Waals surface area contributed by atoms with Gasteiger partial charge >= 0.3 is 0 Å². The fourth-order valence-electron chi connectivity index (χ4n) is 2.76. The van der Waals surface area contributed by atoms with E-state index < -0.39 is 0 Å². The summed E-state index contributed by atoms with van der Waals surface area (Å²) in [7, 11) is 0. The SMILES string of the molecule is CCOc1cc(CN)ccc1OCCOc1ccc(C(C)C)c(C)c1. The van der Waals surface area contributed by atoms with Crippen LogP contribution in [-0.2, 0) is 6.54 Å². The fourth-order valence-corrected chi connectivity index (χ4v) is 2.76. The minimum Gasteiger partial charge on any atom is -0.490 e. The van der Waals surface area contributed by atoms with Gasteiger partial charge in [-0.25, -0.2) is 0 Å². The van der Waals surface area contributed by atoms with Gasteiger partial charge in [-0.05, 0) is 60.7 Å². The summed E-state index contributed by atoms with van der Waals surface area (Å²) in [4.78, 5) is 0. The standard InChI is InChI=1S/C21H29NO3/c1-5-23-21-13-17(14-22)6-9-20(21)25-11-10-24-18-7-8-19(15(2)3)16(4)12-18/h6-9,12-13,15H,5,10-11,14,22H2,1-4H3. The van der Waals surface area contributed by atoms with Crippen LogP contribution in [0, 0.1) is 6.92 Å². The molecule has 0 amide bonds. The van der Waals surface area contributed by atoms with Crippen molar-refractivity contribution in [3.05, 3.63) is 53.1 Å². The minimum absolute atomic E-state index is 0.451. The largest absolute Gasteiger partial charge is 0.490 e. The molecule has 0 radical (unpaired) electrons. The lowest BCUT2D eigenvalue weighted by atomic mass is 9.98.